The summed E-state index contributed by atoms with van der Waals surface area (Å²) in [6.45, 7) is 1.51. The third kappa shape index (κ3) is 3.33. The highest BCUT2D eigenvalue weighted by Crippen LogP contribution is 2.34. The minimum atomic E-state index is -0.818. The fourth-order valence-electron chi connectivity index (χ4n) is 2.38. The number of benzene rings is 1. The van der Waals surface area contributed by atoms with Crippen LogP contribution in [0.1, 0.15) is 32.6 Å². The molecule has 0 saturated heterocycles. The van der Waals surface area contributed by atoms with Gasteiger partial charge in [-0.2, -0.15) is 0 Å². The molecule has 2 aromatic heterocycles. The Kier molecular flexibility index (Phi) is 5.08. The van der Waals surface area contributed by atoms with Crippen molar-refractivity contribution in [3.8, 4) is 0 Å². The van der Waals surface area contributed by atoms with Gasteiger partial charge in [0.25, 0.3) is 0 Å². The van der Waals surface area contributed by atoms with Crippen LogP contribution in [-0.2, 0) is 16.1 Å². The average molecular weight is 375 g/mol. The van der Waals surface area contributed by atoms with E-state index in [0.717, 1.165) is 11.3 Å². The summed E-state index contributed by atoms with van der Waals surface area (Å²) in [7, 11) is 0. The van der Waals surface area contributed by atoms with Gasteiger partial charge in [0.1, 0.15) is 17.3 Å². The predicted octanol–water partition coefficient (Wildman–Crippen LogP) is 2.95. The molecular weight excluding hydrogens is 361 g/mol. The van der Waals surface area contributed by atoms with E-state index in [9.17, 15) is 14.0 Å². The Labute approximate surface area is 151 Å². The summed E-state index contributed by atoms with van der Waals surface area (Å²) >= 11 is 1.08. The van der Waals surface area contributed by atoms with E-state index in [1.165, 1.54) is 18.5 Å². The number of esters is 2. The minimum Gasteiger partial charge on any atom is -0.462 e. The van der Waals surface area contributed by atoms with Gasteiger partial charge in [0.05, 0.1) is 6.61 Å². The molecule has 0 fully saturated rings. The highest BCUT2D eigenvalue weighted by atomic mass is 32.1. The van der Waals surface area contributed by atoms with Gasteiger partial charge in [-0.25, -0.2) is 23.9 Å². The maximum absolute atomic E-state index is 14.3. The molecule has 0 spiro atoms. The molecule has 0 aliphatic carbocycles. The molecule has 134 valence electrons. The van der Waals surface area contributed by atoms with Crippen molar-refractivity contribution in [1.29, 1.82) is 0 Å². The Bertz CT molecular complexity index is 989. The summed E-state index contributed by atoms with van der Waals surface area (Å²) in [4.78, 5) is 32.1. The van der Waals surface area contributed by atoms with E-state index >= 15 is 0 Å². The number of nitrogens with zero attached hydrogens (tertiary/aromatic N) is 2. The standard InChI is InChI=1S/C17H14FN3O4S/c1-2-24-17(23)14-9(12-10(18)4-3-5-11(12)26-14)8-25-16(22)13-15(19)21-7-6-20-13/h3-7H,2,8H2,1H3,(H2,19,21). The second kappa shape index (κ2) is 7.44. The first-order valence-electron chi connectivity index (χ1n) is 7.63. The topological polar surface area (TPSA) is 104 Å². The van der Waals surface area contributed by atoms with Gasteiger partial charge in [-0.05, 0) is 19.1 Å². The van der Waals surface area contributed by atoms with Crippen LogP contribution in [0.5, 0.6) is 0 Å². The number of fused-ring (bicyclic) bond motifs is 1. The Hall–Kier alpha value is -3.07. The minimum absolute atomic E-state index is 0.0792. The zero-order chi connectivity index (χ0) is 18.7. The third-order valence-electron chi connectivity index (χ3n) is 3.49. The Morgan fingerprint density at radius 2 is 1.96 bits per heavy atom. The Morgan fingerprint density at radius 1 is 1.19 bits per heavy atom. The van der Waals surface area contributed by atoms with Gasteiger partial charge < -0.3 is 15.2 Å². The second-order valence-corrected chi connectivity index (χ2v) is 6.16. The number of anilines is 1. The molecule has 1 aromatic carbocycles. The van der Waals surface area contributed by atoms with Crippen molar-refractivity contribution in [2.24, 2.45) is 0 Å². The van der Waals surface area contributed by atoms with Crippen molar-refractivity contribution in [3.05, 3.63) is 52.5 Å². The summed E-state index contributed by atoms with van der Waals surface area (Å²) in [5.41, 5.74) is 5.70. The van der Waals surface area contributed by atoms with Crippen LogP contribution in [0.25, 0.3) is 10.1 Å². The molecule has 0 unspecified atom stereocenters. The second-order valence-electron chi connectivity index (χ2n) is 5.11. The number of nitrogen functional groups attached to an aromatic ring is 1. The normalized spacial score (nSPS) is 10.7. The molecule has 7 nitrogen and oxygen atoms in total. The summed E-state index contributed by atoms with van der Waals surface area (Å²) < 4.78 is 25.1. The number of hydrogen-bond donors (Lipinski definition) is 1. The first-order chi connectivity index (χ1) is 12.5. The molecule has 0 atom stereocenters. The molecule has 2 N–H and O–H groups in total. The fourth-order valence-corrected chi connectivity index (χ4v) is 3.49. The van der Waals surface area contributed by atoms with Crippen LogP contribution < -0.4 is 5.73 Å². The van der Waals surface area contributed by atoms with Crippen LogP contribution in [0.15, 0.2) is 30.6 Å². The van der Waals surface area contributed by atoms with Gasteiger partial charge in [0, 0.05) is 28.0 Å². The van der Waals surface area contributed by atoms with E-state index in [-0.39, 0.29) is 40.6 Å². The largest absolute Gasteiger partial charge is 0.462 e. The molecule has 0 radical (unpaired) electrons. The first-order valence-corrected chi connectivity index (χ1v) is 8.45. The number of aromatic nitrogens is 2. The summed E-state index contributed by atoms with van der Waals surface area (Å²) in [5, 5.41) is 0.223. The first kappa shape index (κ1) is 17.7. The van der Waals surface area contributed by atoms with E-state index in [2.05, 4.69) is 9.97 Å². The van der Waals surface area contributed by atoms with Gasteiger partial charge in [0.15, 0.2) is 11.5 Å². The molecule has 0 aliphatic rings. The lowest BCUT2D eigenvalue weighted by atomic mass is 10.1. The van der Waals surface area contributed by atoms with Gasteiger partial charge in [0.2, 0.25) is 0 Å². The van der Waals surface area contributed by atoms with Crippen LogP contribution in [0, 0.1) is 5.82 Å². The molecule has 0 amide bonds. The molecule has 3 rings (SSSR count). The smallest absolute Gasteiger partial charge is 0.361 e. The van der Waals surface area contributed by atoms with Crippen LogP contribution in [0.3, 0.4) is 0 Å². The van der Waals surface area contributed by atoms with Crippen molar-refractivity contribution in [3.63, 3.8) is 0 Å². The molecule has 9 heteroatoms. The monoisotopic (exact) mass is 375 g/mol. The van der Waals surface area contributed by atoms with Crippen LogP contribution in [0.4, 0.5) is 10.2 Å². The molecule has 26 heavy (non-hydrogen) atoms. The highest BCUT2D eigenvalue weighted by Gasteiger charge is 2.23. The number of carbonyl (C=O) groups is 2. The maximum atomic E-state index is 14.3. The van der Waals surface area contributed by atoms with Crippen LogP contribution in [-0.4, -0.2) is 28.5 Å². The van der Waals surface area contributed by atoms with Gasteiger partial charge in [-0.1, -0.05) is 6.07 Å². The lowest BCUT2D eigenvalue weighted by Crippen LogP contribution is -2.13. The van der Waals surface area contributed by atoms with Gasteiger partial charge in [-0.15, -0.1) is 11.3 Å². The number of carbonyl (C=O) groups excluding carboxylic acids is 2. The average Bonchev–Trinajstić information content (AvgIpc) is 3.00. The summed E-state index contributed by atoms with van der Waals surface area (Å²) in [5.74, 6) is -2.01. The van der Waals surface area contributed by atoms with E-state index in [0.29, 0.717) is 4.70 Å². The quantitative estimate of drug-likeness (QED) is 0.684. The van der Waals surface area contributed by atoms with Crippen LogP contribution >= 0.6 is 11.3 Å². The predicted molar refractivity (Wildman–Crippen MR) is 93.3 cm³/mol. The summed E-state index contributed by atoms with van der Waals surface area (Å²) in [6, 6.07) is 4.49. The number of thiophene rings is 1. The molecular formula is C17H14FN3O4S. The molecule has 2 heterocycles. The third-order valence-corrected chi connectivity index (χ3v) is 4.67. The molecule has 0 bridgehead atoms. The van der Waals surface area contributed by atoms with Crippen molar-refractivity contribution in [1.82, 2.24) is 9.97 Å². The van der Waals surface area contributed by atoms with E-state index < -0.39 is 17.8 Å². The zero-order valence-electron chi connectivity index (χ0n) is 13.7. The summed E-state index contributed by atoms with van der Waals surface area (Å²) in [6.07, 6.45) is 2.64. The van der Waals surface area contributed by atoms with Gasteiger partial charge in [-0.3, -0.25) is 0 Å². The zero-order valence-corrected chi connectivity index (χ0v) is 14.5. The number of rotatable bonds is 5. The fraction of sp³-hybridized carbons (Fsp3) is 0.176. The Morgan fingerprint density at radius 3 is 2.69 bits per heavy atom. The number of ether oxygens (including phenoxy) is 2. The number of nitrogens with two attached hydrogens (primary N) is 1. The van der Waals surface area contributed by atoms with E-state index in [1.807, 2.05) is 0 Å². The van der Waals surface area contributed by atoms with Crippen molar-refractivity contribution < 1.29 is 23.5 Å². The van der Waals surface area contributed by atoms with Crippen LogP contribution in [0.2, 0.25) is 0 Å². The lowest BCUT2D eigenvalue weighted by Gasteiger charge is -2.07. The van der Waals surface area contributed by atoms with Gasteiger partial charge >= 0.3 is 11.9 Å². The SMILES string of the molecule is CCOC(=O)c1sc2cccc(F)c2c1COC(=O)c1nccnc1N. The number of hydrogen-bond acceptors (Lipinski definition) is 8. The van der Waals surface area contributed by atoms with Crippen molar-refractivity contribution >= 4 is 39.2 Å². The maximum Gasteiger partial charge on any atom is 0.361 e. The van der Waals surface area contributed by atoms with Crippen molar-refractivity contribution in [2.75, 3.05) is 12.3 Å². The van der Waals surface area contributed by atoms with E-state index in [1.54, 1.807) is 19.1 Å². The Balaban J connectivity index is 1.95. The molecule has 3 aromatic rings. The molecule has 0 aliphatic heterocycles. The molecule has 0 saturated carbocycles. The highest BCUT2D eigenvalue weighted by molar-refractivity contribution is 7.21. The van der Waals surface area contributed by atoms with Crippen molar-refractivity contribution in [2.45, 2.75) is 13.5 Å². The lowest BCUT2D eigenvalue weighted by molar-refractivity contribution is 0.0449. The van der Waals surface area contributed by atoms with E-state index in [4.69, 9.17) is 15.2 Å². The number of halogens is 1.